The van der Waals surface area contributed by atoms with Crippen LogP contribution in [0.1, 0.15) is 6.92 Å². The van der Waals surface area contributed by atoms with Crippen molar-refractivity contribution >= 4 is 17.7 Å². The Balaban J connectivity index is 3.31. The molecule has 0 heterocycles. The number of nitrogens with zero attached hydrogens (tertiary/aromatic N) is 2. The van der Waals surface area contributed by atoms with E-state index in [1.807, 2.05) is 0 Å². The second-order valence-corrected chi connectivity index (χ2v) is 3.82. The van der Waals surface area contributed by atoms with Crippen molar-refractivity contribution in [3.8, 4) is 0 Å². The van der Waals surface area contributed by atoms with Gasteiger partial charge < -0.3 is 9.84 Å². The van der Waals surface area contributed by atoms with Gasteiger partial charge in [0, 0.05) is 18.6 Å². The maximum atomic E-state index is 10.3. The van der Waals surface area contributed by atoms with Gasteiger partial charge in [-0.1, -0.05) is 0 Å². The molecule has 0 saturated carbocycles. The summed E-state index contributed by atoms with van der Waals surface area (Å²) in [6, 6.07) is -0.737. The van der Waals surface area contributed by atoms with E-state index in [1.54, 1.807) is 18.9 Å². The Morgan fingerprint density at radius 1 is 1.57 bits per heavy atom. The minimum Gasteiger partial charge on any atom is -0.480 e. The van der Waals surface area contributed by atoms with Crippen LogP contribution < -0.4 is 0 Å². The molecule has 0 fully saturated rings. The van der Waals surface area contributed by atoms with E-state index < -0.39 is 12.0 Å². The van der Waals surface area contributed by atoms with Gasteiger partial charge in [0.15, 0.2) is 6.04 Å². The molecular formula is C8H16N2O3S. The molecule has 1 atom stereocenters. The number of rotatable bonds is 8. The van der Waals surface area contributed by atoms with Gasteiger partial charge in [0.25, 0.3) is 0 Å². The van der Waals surface area contributed by atoms with E-state index in [0.717, 1.165) is 18.1 Å². The van der Waals surface area contributed by atoms with Gasteiger partial charge in [0.2, 0.25) is 0 Å². The zero-order valence-electron chi connectivity index (χ0n) is 8.47. The van der Waals surface area contributed by atoms with Gasteiger partial charge in [-0.25, -0.2) is 4.79 Å². The summed E-state index contributed by atoms with van der Waals surface area (Å²) < 4.78 is 4.87. The zero-order chi connectivity index (χ0) is 10.8. The Kier molecular flexibility index (Phi) is 8.56. The highest BCUT2D eigenvalue weighted by Gasteiger charge is 2.07. The minimum absolute atomic E-state index is 0.562. The van der Waals surface area contributed by atoms with Gasteiger partial charge in [0.05, 0.1) is 13.2 Å². The molecule has 0 rings (SSSR count). The summed E-state index contributed by atoms with van der Waals surface area (Å²) in [5.41, 5.74) is 0. The van der Waals surface area contributed by atoms with Crippen LogP contribution in [0.5, 0.6) is 0 Å². The number of aliphatic carboxylic acids is 1. The van der Waals surface area contributed by atoms with E-state index in [0.29, 0.717) is 6.54 Å². The first-order valence-corrected chi connectivity index (χ1v) is 5.50. The molecule has 0 amide bonds. The summed E-state index contributed by atoms with van der Waals surface area (Å²) in [4.78, 5) is 10.3. The number of ether oxygens (including phenoxy) is 1. The summed E-state index contributed by atoms with van der Waals surface area (Å²) >= 11 is 1.71. The van der Waals surface area contributed by atoms with Crippen LogP contribution >= 0.6 is 11.8 Å². The molecule has 82 valence electrons. The monoisotopic (exact) mass is 220 g/mol. The molecule has 0 bridgehead atoms. The molecule has 0 radical (unpaired) electrons. The maximum Gasteiger partial charge on any atom is 0.330 e. The van der Waals surface area contributed by atoms with Crippen molar-refractivity contribution in [1.29, 1.82) is 0 Å². The predicted octanol–water partition coefficient (Wildman–Crippen LogP) is 1.29. The molecule has 6 heteroatoms. The van der Waals surface area contributed by atoms with Crippen LogP contribution in [0.15, 0.2) is 10.2 Å². The van der Waals surface area contributed by atoms with E-state index in [2.05, 4.69) is 10.2 Å². The average molecular weight is 220 g/mol. The SMILES string of the molecule is COCCSCCN=NC(C)C(=O)O. The van der Waals surface area contributed by atoms with E-state index in [1.165, 1.54) is 6.92 Å². The summed E-state index contributed by atoms with van der Waals surface area (Å²) in [5.74, 6) is 0.834. The summed E-state index contributed by atoms with van der Waals surface area (Å²) in [6.07, 6.45) is 0. The number of azo groups is 1. The molecule has 0 aromatic carbocycles. The predicted molar refractivity (Wildman–Crippen MR) is 56.0 cm³/mol. The van der Waals surface area contributed by atoms with Crippen LogP contribution in [-0.4, -0.2) is 48.9 Å². The third-order valence-corrected chi connectivity index (χ3v) is 2.31. The molecule has 0 saturated heterocycles. The van der Waals surface area contributed by atoms with E-state index in [4.69, 9.17) is 9.84 Å². The smallest absolute Gasteiger partial charge is 0.330 e. The third kappa shape index (κ3) is 8.00. The van der Waals surface area contributed by atoms with E-state index in [9.17, 15) is 4.79 Å². The van der Waals surface area contributed by atoms with Crippen LogP contribution in [-0.2, 0) is 9.53 Å². The third-order valence-electron chi connectivity index (χ3n) is 1.38. The minimum atomic E-state index is -0.944. The average Bonchev–Trinajstić information content (AvgIpc) is 2.16. The number of carbonyl (C=O) groups is 1. The molecular weight excluding hydrogens is 204 g/mol. The number of carboxylic acids is 1. The molecule has 0 aromatic heterocycles. The Labute approximate surface area is 87.9 Å². The molecule has 0 aromatic rings. The van der Waals surface area contributed by atoms with Crippen molar-refractivity contribution in [2.24, 2.45) is 10.2 Å². The molecule has 5 nitrogen and oxygen atoms in total. The number of carboxylic acid groups (broad SMARTS) is 1. The van der Waals surface area contributed by atoms with E-state index >= 15 is 0 Å². The van der Waals surface area contributed by atoms with E-state index in [-0.39, 0.29) is 0 Å². The van der Waals surface area contributed by atoms with Gasteiger partial charge in [-0.15, -0.1) is 0 Å². The van der Waals surface area contributed by atoms with Crippen molar-refractivity contribution in [3.63, 3.8) is 0 Å². The Bertz CT molecular complexity index is 187. The van der Waals surface area contributed by atoms with Gasteiger partial charge >= 0.3 is 5.97 Å². The topological polar surface area (TPSA) is 71.2 Å². The second kappa shape index (κ2) is 8.96. The fourth-order valence-corrected chi connectivity index (χ4v) is 1.28. The normalized spacial score (nSPS) is 13.3. The Morgan fingerprint density at radius 2 is 2.29 bits per heavy atom. The first-order valence-electron chi connectivity index (χ1n) is 4.34. The molecule has 0 aliphatic rings. The van der Waals surface area contributed by atoms with Gasteiger partial charge in [-0.05, 0) is 6.92 Å². The highest BCUT2D eigenvalue weighted by atomic mass is 32.2. The van der Waals surface area contributed by atoms with Crippen molar-refractivity contribution in [1.82, 2.24) is 0 Å². The first-order chi connectivity index (χ1) is 6.68. The number of methoxy groups -OCH3 is 1. The van der Waals surface area contributed by atoms with Crippen molar-refractivity contribution < 1.29 is 14.6 Å². The maximum absolute atomic E-state index is 10.3. The van der Waals surface area contributed by atoms with Gasteiger partial charge in [-0.3, -0.25) is 0 Å². The molecule has 14 heavy (non-hydrogen) atoms. The lowest BCUT2D eigenvalue weighted by Gasteiger charge is -1.98. The lowest BCUT2D eigenvalue weighted by molar-refractivity contribution is -0.138. The number of hydrogen-bond donors (Lipinski definition) is 1. The fraction of sp³-hybridized carbons (Fsp3) is 0.875. The first kappa shape index (κ1) is 13.4. The fourth-order valence-electron chi connectivity index (χ4n) is 0.579. The number of hydrogen-bond acceptors (Lipinski definition) is 5. The largest absolute Gasteiger partial charge is 0.480 e. The quantitative estimate of drug-likeness (QED) is 0.494. The number of thioether (sulfide) groups is 1. The molecule has 1 unspecified atom stereocenters. The lowest BCUT2D eigenvalue weighted by atomic mass is 10.4. The molecule has 0 aliphatic carbocycles. The Hall–Kier alpha value is -0.620. The molecule has 1 N–H and O–H groups in total. The van der Waals surface area contributed by atoms with Crippen molar-refractivity contribution in [3.05, 3.63) is 0 Å². The highest BCUT2D eigenvalue weighted by Crippen LogP contribution is 1.99. The standard InChI is InChI=1S/C8H16N2O3S/c1-7(8(11)12)10-9-3-5-14-6-4-13-2/h7H,3-6H2,1-2H3,(H,11,12). The highest BCUT2D eigenvalue weighted by molar-refractivity contribution is 7.99. The molecule has 0 aliphatic heterocycles. The molecule has 0 spiro atoms. The van der Waals surface area contributed by atoms with Gasteiger partial charge in [-0.2, -0.15) is 22.0 Å². The van der Waals surface area contributed by atoms with Gasteiger partial charge in [0.1, 0.15) is 0 Å². The van der Waals surface area contributed by atoms with Crippen molar-refractivity contribution in [2.75, 3.05) is 31.8 Å². The second-order valence-electron chi connectivity index (χ2n) is 2.60. The van der Waals surface area contributed by atoms with Crippen LogP contribution in [0.3, 0.4) is 0 Å². The van der Waals surface area contributed by atoms with Crippen LogP contribution in [0.25, 0.3) is 0 Å². The van der Waals surface area contributed by atoms with Crippen molar-refractivity contribution in [2.45, 2.75) is 13.0 Å². The summed E-state index contributed by atoms with van der Waals surface area (Å²) in [6.45, 7) is 2.79. The van der Waals surface area contributed by atoms with Crippen LogP contribution in [0, 0.1) is 0 Å². The lowest BCUT2D eigenvalue weighted by Crippen LogP contribution is -2.12. The Morgan fingerprint density at radius 3 is 2.86 bits per heavy atom. The zero-order valence-corrected chi connectivity index (χ0v) is 9.29. The summed E-state index contributed by atoms with van der Waals surface area (Å²) in [7, 11) is 1.66. The summed E-state index contributed by atoms with van der Waals surface area (Å²) in [5, 5.41) is 15.9. The van der Waals surface area contributed by atoms with Crippen LogP contribution in [0.2, 0.25) is 0 Å². The van der Waals surface area contributed by atoms with Crippen LogP contribution in [0.4, 0.5) is 0 Å².